The number of nitrogens with zero attached hydrogens (tertiary/aromatic N) is 2. The van der Waals surface area contributed by atoms with Crippen molar-refractivity contribution in [3.05, 3.63) is 75.8 Å². The molecule has 0 spiro atoms. The number of carbonyl (C=O) groups is 2. The third-order valence-electron chi connectivity index (χ3n) is 4.37. The molecule has 0 aliphatic heterocycles. The summed E-state index contributed by atoms with van der Waals surface area (Å²) in [4.78, 5) is 39.3. The number of carbonyl (C=O) groups excluding carboxylic acids is 2. The molecule has 32 heavy (non-hydrogen) atoms. The topological polar surface area (TPSA) is 121 Å². The first kappa shape index (κ1) is 22.6. The Morgan fingerprint density at radius 1 is 1.00 bits per heavy atom. The van der Waals surface area contributed by atoms with Crippen LogP contribution in [-0.4, -0.2) is 21.4 Å². The van der Waals surface area contributed by atoms with Gasteiger partial charge in [-0.3, -0.25) is 14.4 Å². The molecule has 7 nitrogen and oxygen atoms in total. The third kappa shape index (κ3) is 4.48. The standard InChI is InChI=1S/C20H13F5N4O3/c21-10-2-3-11(13(6-10)20(23,24)25)12-5-9(1-4-14(12)22)17-19(32)29(8-16(26)30)7-15(28-17)18(27)31/h1-7H,8H2,(H2,26,30)(H2,27,31). The van der Waals surface area contributed by atoms with Crippen molar-refractivity contribution in [2.75, 3.05) is 0 Å². The summed E-state index contributed by atoms with van der Waals surface area (Å²) in [6.45, 7) is -0.640. The van der Waals surface area contributed by atoms with Crippen LogP contribution in [0.1, 0.15) is 16.1 Å². The molecule has 1 aromatic heterocycles. The van der Waals surface area contributed by atoms with Crippen LogP contribution >= 0.6 is 0 Å². The number of halogens is 5. The summed E-state index contributed by atoms with van der Waals surface area (Å²) in [5, 5.41) is 0. The van der Waals surface area contributed by atoms with Crippen molar-refractivity contribution in [3.63, 3.8) is 0 Å². The number of hydrogen-bond donors (Lipinski definition) is 2. The zero-order valence-electron chi connectivity index (χ0n) is 15.9. The summed E-state index contributed by atoms with van der Waals surface area (Å²) in [5.41, 5.74) is 5.52. The van der Waals surface area contributed by atoms with Crippen LogP contribution in [0.2, 0.25) is 0 Å². The molecule has 3 aromatic rings. The summed E-state index contributed by atoms with van der Waals surface area (Å²) < 4.78 is 68.9. The number of aromatic nitrogens is 2. The summed E-state index contributed by atoms with van der Waals surface area (Å²) >= 11 is 0. The predicted octanol–water partition coefficient (Wildman–Crippen LogP) is 2.46. The fraction of sp³-hybridized carbons (Fsp3) is 0.100. The van der Waals surface area contributed by atoms with Crippen LogP contribution in [0.3, 0.4) is 0 Å². The number of rotatable bonds is 5. The zero-order chi connectivity index (χ0) is 23.8. The third-order valence-corrected chi connectivity index (χ3v) is 4.37. The highest BCUT2D eigenvalue weighted by atomic mass is 19.4. The van der Waals surface area contributed by atoms with Gasteiger partial charge in [0.2, 0.25) is 5.91 Å². The first-order chi connectivity index (χ1) is 14.9. The van der Waals surface area contributed by atoms with Gasteiger partial charge < -0.3 is 16.0 Å². The van der Waals surface area contributed by atoms with E-state index in [1.54, 1.807) is 0 Å². The largest absolute Gasteiger partial charge is 0.417 e. The van der Waals surface area contributed by atoms with E-state index >= 15 is 0 Å². The number of primary amides is 2. The van der Waals surface area contributed by atoms with Crippen LogP contribution in [0.5, 0.6) is 0 Å². The van der Waals surface area contributed by atoms with E-state index in [4.69, 9.17) is 11.5 Å². The molecule has 0 fully saturated rings. The number of alkyl halides is 3. The molecule has 0 saturated carbocycles. The molecule has 0 unspecified atom stereocenters. The molecule has 0 bridgehead atoms. The molecule has 2 amide bonds. The minimum absolute atomic E-state index is 0.176. The van der Waals surface area contributed by atoms with Crippen molar-refractivity contribution in [2.24, 2.45) is 11.5 Å². The van der Waals surface area contributed by atoms with Crippen molar-refractivity contribution in [2.45, 2.75) is 12.7 Å². The van der Waals surface area contributed by atoms with Gasteiger partial charge in [0, 0.05) is 17.3 Å². The van der Waals surface area contributed by atoms with Gasteiger partial charge in [-0.05, 0) is 35.9 Å². The number of hydrogen-bond acceptors (Lipinski definition) is 4. The Labute approximate surface area is 176 Å². The summed E-state index contributed by atoms with van der Waals surface area (Å²) in [7, 11) is 0. The fourth-order valence-corrected chi connectivity index (χ4v) is 3.00. The van der Waals surface area contributed by atoms with Gasteiger partial charge in [-0.1, -0.05) is 6.07 Å². The molecule has 1 heterocycles. The lowest BCUT2D eigenvalue weighted by molar-refractivity contribution is -0.137. The molecule has 12 heteroatoms. The Morgan fingerprint density at radius 3 is 2.28 bits per heavy atom. The van der Waals surface area contributed by atoms with E-state index in [0.29, 0.717) is 0 Å². The van der Waals surface area contributed by atoms with E-state index in [9.17, 15) is 36.3 Å². The maximum Gasteiger partial charge on any atom is 0.417 e. The minimum Gasteiger partial charge on any atom is -0.368 e. The highest BCUT2D eigenvalue weighted by molar-refractivity contribution is 5.91. The van der Waals surface area contributed by atoms with Crippen molar-refractivity contribution >= 4 is 11.8 Å². The second-order valence-electron chi connectivity index (χ2n) is 6.62. The van der Waals surface area contributed by atoms with Crippen LogP contribution in [0.25, 0.3) is 22.4 Å². The maximum atomic E-state index is 14.5. The summed E-state index contributed by atoms with van der Waals surface area (Å²) in [6.07, 6.45) is -4.11. The molecule has 0 aliphatic carbocycles. The van der Waals surface area contributed by atoms with Crippen molar-refractivity contribution in [1.29, 1.82) is 0 Å². The lowest BCUT2D eigenvalue weighted by Gasteiger charge is -2.15. The molecular formula is C20H13F5N4O3. The number of nitrogens with two attached hydrogens (primary N) is 2. The molecule has 0 aliphatic rings. The Morgan fingerprint density at radius 2 is 1.69 bits per heavy atom. The molecule has 0 atom stereocenters. The quantitative estimate of drug-likeness (QED) is 0.578. The van der Waals surface area contributed by atoms with Crippen molar-refractivity contribution in [1.82, 2.24) is 9.55 Å². The summed E-state index contributed by atoms with van der Waals surface area (Å²) in [5.74, 6) is -4.26. The minimum atomic E-state index is -5.00. The molecule has 2 aromatic carbocycles. The van der Waals surface area contributed by atoms with E-state index in [2.05, 4.69) is 4.98 Å². The first-order valence-electron chi connectivity index (χ1n) is 8.75. The second-order valence-corrected chi connectivity index (χ2v) is 6.62. The molecule has 0 radical (unpaired) electrons. The van der Waals surface area contributed by atoms with Gasteiger partial charge in [0.25, 0.3) is 11.5 Å². The van der Waals surface area contributed by atoms with Gasteiger partial charge in [-0.2, -0.15) is 13.2 Å². The van der Waals surface area contributed by atoms with Gasteiger partial charge in [0.15, 0.2) is 0 Å². The number of benzene rings is 2. The lowest BCUT2D eigenvalue weighted by atomic mass is 9.96. The Hall–Kier alpha value is -4.09. The van der Waals surface area contributed by atoms with Crippen molar-refractivity contribution in [3.8, 4) is 22.4 Å². The molecule has 3 rings (SSSR count). The Bertz CT molecular complexity index is 1300. The van der Waals surface area contributed by atoms with Crippen molar-refractivity contribution < 1.29 is 31.5 Å². The zero-order valence-corrected chi connectivity index (χ0v) is 15.9. The maximum absolute atomic E-state index is 14.5. The van der Waals surface area contributed by atoms with Gasteiger partial charge >= 0.3 is 6.18 Å². The van der Waals surface area contributed by atoms with Crippen LogP contribution < -0.4 is 17.0 Å². The van der Waals surface area contributed by atoms with Crippen LogP contribution in [-0.2, 0) is 17.5 Å². The number of amides is 2. The van der Waals surface area contributed by atoms with E-state index in [-0.39, 0.29) is 11.6 Å². The average Bonchev–Trinajstić information content (AvgIpc) is 2.69. The van der Waals surface area contributed by atoms with Crippen LogP contribution in [0, 0.1) is 11.6 Å². The van der Waals surface area contributed by atoms with Gasteiger partial charge in [-0.15, -0.1) is 0 Å². The predicted molar refractivity (Wildman–Crippen MR) is 102 cm³/mol. The first-order valence-corrected chi connectivity index (χ1v) is 8.75. The van der Waals surface area contributed by atoms with E-state index in [1.807, 2.05) is 0 Å². The van der Waals surface area contributed by atoms with Crippen LogP contribution in [0.15, 0.2) is 47.4 Å². The highest BCUT2D eigenvalue weighted by Crippen LogP contribution is 2.39. The van der Waals surface area contributed by atoms with Gasteiger partial charge in [0.05, 0.1) is 5.56 Å². The van der Waals surface area contributed by atoms with Gasteiger partial charge in [-0.25, -0.2) is 13.8 Å². The van der Waals surface area contributed by atoms with E-state index in [0.717, 1.165) is 41.1 Å². The highest BCUT2D eigenvalue weighted by Gasteiger charge is 2.35. The molecule has 166 valence electrons. The fourth-order valence-electron chi connectivity index (χ4n) is 3.00. The van der Waals surface area contributed by atoms with E-state index < -0.39 is 69.8 Å². The molecule has 0 saturated heterocycles. The average molecular weight is 452 g/mol. The second kappa shape index (κ2) is 8.21. The van der Waals surface area contributed by atoms with E-state index in [1.165, 1.54) is 0 Å². The lowest BCUT2D eigenvalue weighted by Crippen LogP contribution is -2.31. The normalized spacial score (nSPS) is 11.4. The Kier molecular flexibility index (Phi) is 5.80. The molecular weight excluding hydrogens is 439 g/mol. The monoisotopic (exact) mass is 452 g/mol. The Balaban J connectivity index is 2.28. The van der Waals surface area contributed by atoms with Gasteiger partial charge in [0.1, 0.15) is 29.6 Å². The van der Waals surface area contributed by atoms with Crippen LogP contribution in [0.4, 0.5) is 22.0 Å². The molecule has 4 N–H and O–H groups in total. The summed E-state index contributed by atoms with van der Waals surface area (Å²) in [6, 6.07) is 4.40. The smallest absolute Gasteiger partial charge is 0.368 e. The SMILES string of the molecule is NC(=O)Cn1cc(C(N)=O)nc(-c2ccc(F)c(-c3ccc(F)cc3C(F)(F)F)c2)c1=O.